The lowest BCUT2D eigenvalue weighted by Crippen LogP contribution is -2.40. The van der Waals surface area contributed by atoms with E-state index in [4.69, 9.17) is 10.5 Å². The van der Waals surface area contributed by atoms with Crippen molar-refractivity contribution in [1.29, 1.82) is 0 Å². The minimum Gasteiger partial charge on any atom is -0.480 e. The highest BCUT2D eigenvalue weighted by Crippen LogP contribution is 2.18. The molecule has 58 heavy (non-hydrogen) atoms. The van der Waals surface area contributed by atoms with Gasteiger partial charge in [-0.15, -0.1) is 0 Å². The van der Waals surface area contributed by atoms with Crippen LogP contribution in [0.2, 0.25) is 0 Å². The zero-order valence-corrected chi connectivity index (χ0v) is 37.6. The fourth-order valence-electron chi connectivity index (χ4n) is 6.97. The Hall–Kier alpha value is -2.93. The molecule has 2 unspecified atom stereocenters. The number of allylic oxidation sites excluding steroid dienone is 10. The number of unbranched alkanes of at least 4 members (excludes halogenated alkanes) is 19. The number of hydrogen-bond acceptors (Lipinski definition) is 5. The molecule has 334 valence electrons. The highest BCUT2D eigenvalue weighted by atomic mass is 16.5. The van der Waals surface area contributed by atoms with Crippen molar-refractivity contribution < 1.29 is 24.2 Å². The molecule has 7 heteroatoms. The Morgan fingerprint density at radius 1 is 0.517 bits per heavy atom. The summed E-state index contributed by atoms with van der Waals surface area (Å²) in [5.74, 6) is -1.27. The van der Waals surface area contributed by atoms with Gasteiger partial charge in [-0.25, -0.2) is 4.79 Å². The third-order valence-corrected chi connectivity index (χ3v) is 10.6. The van der Waals surface area contributed by atoms with E-state index in [1.807, 2.05) is 0 Å². The molecule has 0 fully saturated rings. The molecule has 0 saturated heterocycles. The summed E-state index contributed by atoms with van der Waals surface area (Å²) in [4.78, 5) is 36.5. The number of carbonyl (C=O) groups excluding carboxylic acids is 2. The van der Waals surface area contributed by atoms with Gasteiger partial charge in [-0.1, -0.05) is 158 Å². The smallest absolute Gasteiger partial charge is 0.326 e. The van der Waals surface area contributed by atoms with Gasteiger partial charge in [0.2, 0.25) is 5.91 Å². The predicted molar refractivity (Wildman–Crippen MR) is 248 cm³/mol. The fourth-order valence-corrected chi connectivity index (χ4v) is 6.97. The number of rotatable bonds is 43. The molecule has 4 N–H and O–H groups in total. The van der Waals surface area contributed by atoms with Gasteiger partial charge in [-0.2, -0.15) is 0 Å². The molecule has 0 aromatic heterocycles. The van der Waals surface area contributed by atoms with Gasteiger partial charge in [0.1, 0.15) is 12.1 Å². The molecular weight excluding hydrogens is 721 g/mol. The van der Waals surface area contributed by atoms with Crippen molar-refractivity contribution in [2.45, 2.75) is 238 Å². The normalized spacial score (nSPS) is 13.2. The molecule has 0 aliphatic carbocycles. The van der Waals surface area contributed by atoms with Crippen LogP contribution in [0, 0.1) is 0 Å². The summed E-state index contributed by atoms with van der Waals surface area (Å²) < 4.78 is 6.06. The largest absolute Gasteiger partial charge is 0.480 e. The lowest BCUT2D eigenvalue weighted by atomic mass is 10.0. The third kappa shape index (κ3) is 41.2. The molecule has 0 saturated carbocycles. The van der Waals surface area contributed by atoms with Crippen LogP contribution in [0.1, 0.15) is 226 Å². The lowest BCUT2D eigenvalue weighted by Gasteiger charge is -2.18. The van der Waals surface area contributed by atoms with E-state index in [0.29, 0.717) is 32.2 Å². The second-order valence-corrected chi connectivity index (χ2v) is 16.1. The first-order chi connectivity index (χ1) is 28.4. The zero-order chi connectivity index (χ0) is 42.4. The number of nitrogens with two attached hydrogens (primary N) is 1. The van der Waals surface area contributed by atoms with Crippen molar-refractivity contribution in [2.24, 2.45) is 5.73 Å². The number of carboxylic acid groups (broad SMARTS) is 1. The SMILES string of the molecule is CC/C=C\C/C=C\C/C=C\C/C=C\CCCCCCC(=O)OC(CCCCC/C=C\CCCCCCCCCC)CCCCCCCC(=O)NC(CCCN)C(=O)O. The van der Waals surface area contributed by atoms with Crippen molar-refractivity contribution in [3.05, 3.63) is 60.8 Å². The summed E-state index contributed by atoms with van der Waals surface area (Å²) in [7, 11) is 0. The van der Waals surface area contributed by atoms with E-state index in [0.717, 1.165) is 122 Å². The van der Waals surface area contributed by atoms with E-state index in [1.165, 1.54) is 64.2 Å². The van der Waals surface area contributed by atoms with Crippen LogP contribution in [0.5, 0.6) is 0 Å². The van der Waals surface area contributed by atoms with Gasteiger partial charge in [0.05, 0.1) is 0 Å². The van der Waals surface area contributed by atoms with E-state index in [9.17, 15) is 19.5 Å². The number of amides is 1. The lowest BCUT2D eigenvalue weighted by molar-refractivity contribution is -0.150. The van der Waals surface area contributed by atoms with Gasteiger partial charge < -0.3 is 20.9 Å². The summed E-state index contributed by atoms with van der Waals surface area (Å²) in [6.07, 6.45) is 56.9. The van der Waals surface area contributed by atoms with E-state index < -0.39 is 12.0 Å². The number of ether oxygens (including phenoxy) is 1. The maximum absolute atomic E-state index is 12.9. The Morgan fingerprint density at radius 3 is 1.47 bits per heavy atom. The molecule has 2 atom stereocenters. The molecule has 0 aliphatic heterocycles. The molecule has 0 aromatic carbocycles. The van der Waals surface area contributed by atoms with E-state index in [1.54, 1.807) is 0 Å². The monoisotopic (exact) mass is 811 g/mol. The van der Waals surface area contributed by atoms with Crippen LogP contribution in [-0.2, 0) is 19.1 Å². The maximum Gasteiger partial charge on any atom is 0.326 e. The molecule has 0 aliphatic rings. The van der Waals surface area contributed by atoms with Crippen LogP contribution in [-0.4, -0.2) is 41.6 Å². The average molecular weight is 811 g/mol. The first-order valence-corrected chi connectivity index (χ1v) is 24.1. The van der Waals surface area contributed by atoms with Gasteiger partial charge in [0.15, 0.2) is 0 Å². The third-order valence-electron chi connectivity index (χ3n) is 10.6. The van der Waals surface area contributed by atoms with Gasteiger partial charge in [-0.05, 0) is 122 Å². The molecule has 0 aromatic rings. The number of carbonyl (C=O) groups is 3. The van der Waals surface area contributed by atoms with Gasteiger partial charge in [0, 0.05) is 12.8 Å². The van der Waals surface area contributed by atoms with Crippen molar-refractivity contribution in [3.8, 4) is 0 Å². The quantitative estimate of drug-likeness (QED) is 0.0321. The Bertz CT molecular complexity index is 1090. The highest BCUT2D eigenvalue weighted by molar-refractivity contribution is 5.83. The standard InChI is InChI=1S/C51H90N2O5/c1-3-5-7-9-11-13-15-17-19-20-22-24-26-28-30-35-39-45-50(55)58-47(41-36-32-29-27-25-23-21-18-16-14-12-10-8-6-4-2)42-37-33-31-34-38-44-49(54)53-48(51(56)57)43-40-46-52/h5,7,11,13,17,19,22-25,47-48H,3-4,6,8-10,12,14-16,18,20-21,26-46,52H2,1-2H3,(H,53,54)(H,56,57)/b7-5-,13-11-,19-17-,24-22-,25-23-. The van der Waals surface area contributed by atoms with Crippen molar-refractivity contribution in [2.75, 3.05) is 6.54 Å². The Kier molecular flexibility index (Phi) is 42.9. The molecule has 0 spiro atoms. The topological polar surface area (TPSA) is 119 Å². The Labute approximate surface area is 357 Å². The minimum absolute atomic E-state index is 0.0181. The van der Waals surface area contributed by atoms with Gasteiger partial charge in [-0.3, -0.25) is 9.59 Å². The van der Waals surface area contributed by atoms with Crippen LogP contribution in [0.15, 0.2) is 60.8 Å². The summed E-state index contributed by atoms with van der Waals surface area (Å²) in [5, 5.41) is 12.0. The molecule has 0 rings (SSSR count). The molecule has 0 heterocycles. The summed E-state index contributed by atoms with van der Waals surface area (Å²) in [5.41, 5.74) is 5.49. The maximum atomic E-state index is 12.9. The van der Waals surface area contributed by atoms with E-state index in [2.05, 4.69) is 79.9 Å². The van der Waals surface area contributed by atoms with Gasteiger partial charge in [0.25, 0.3) is 0 Å². The second kappa shape index (κ2) is 45.2. The van der Waals surface area contributed by atoms with E-state index in [-0.39, 0.29) is 18.0 Å². The Morgan fingerprint density at radius 2 is 0.948 bits per heavy atom. The summed E-state index contributed by atoms with van der Waals surface area (Å²) in [6.45, 7) is 4.84. The van der Waals surface area contributed by atoms with Gasteiger partial charge >= 0.3 is 11.9 Å². The molecule has 0 bridgehead atoms. The van der Waals surface area contributed by atoms with Crippen LogP contribution >= 0.6 is 0 Å². The van der Waals surface area contributed by atoms with Crippen LogP contribution < -0.4 is 11.1 Å². The molecular formula is C51H90N2O5. The second-order valence-electron chi connectivity index (χ2n) is 16.1. The number of aliphatic carboxylic acids is 1. The zero-order valence-electron chi connectivity index (χ0n) is 37.6. The highest BCUT2D eigenvalue weighted by Gasteiger charge is 2.19. The molecule has 1 amide bonds. The average Bonchev–Trinajstić information content (AvgIpc) is 3.21. The van der Waals surface area contributed by atoms with Crippen LogP contribution in [0.25, 0.3) is 0 Å². The van der Waals surface area contributed by atoms with Crippen molar-refractivity contribution in [1.82, 2.24) is 5.32 Å². The predicted octanol–water partition coefficient (Wildman–Crippen LogP) is 14.1. The Balaban J connectivity index is 4.41. The van der Waals surface area contributed by atoms with E-state index >= 15 is 0 Å². The first kappa shape index (κ1) is 55.1. The number of esters is 1. The van der Waals surface area contributed by atoms with Crippen molar-refractivity contribution >= 4 is 17.8 Å². The number of carboxylic acids is 1. The molecule has 7 nitrogen and oxygen atoms in total. The summed E-state index contributed by atoms with van der Waals surface area (Å²) in [6, 6.07) is -0.863. The first-order valence-electron chi connectivity index (χ1n) is 24.1. The van der Waals surface area contributed by atoms with Crippen LogP contribution in [0.4, 0.5) is 0 Å². The number of hydrogen-bond donors (Lipinski definition) is 3. The minimum atomic E-state index is -1.01. The van der Waals surface area contributed by atoms with Crippen molar-refractivity contribution in [3.63, 3.8) is 0 Å². The number of nitrogens with one attached hydrogen (secondary N) is 1. The fraction of sp³-hybridized carbons (Fsp3) is 0.745. The van der Waals surface area contributed by atoms with Crippen LogP contribution in [0.3, 0.4) is 0 Å². The molecule has 0 radical (unpaired) electrons. The summed E-state index contributed by atoms with van der Waals surface area (Å²) >= 11 is 0.